The van der Waals surface area contributed by atoms with Gasteiger partial charge in [0.25, 0.3) is 5.91 Å². The standard InChI is InChI=1S/C15H23N3O3/c1-10-9-11(14(19)17-2)6-7-13(10)18-15(20)12(16)5-4-8-21-3/h6-7,9,12H,4-5,8,16H2,1-3H3,(H,17,19)(H,18,20). The molecule has 0 bridgehead atoms. The van der Waals surface area contributed by atoms with Crippen LogP contribution in [0.3, 0.4) is 0 Å². The Bertz CT molecular complexity index is 503. The lowest BCUT2D eigenvalue weighted by molar-refractivity contribution is -0.117. The quantitative estimate of drug-likeness (QED) is 0.655. The van der Waals surface area contributed by atoms with Gasteiger partial charge in [-0.2, -0.15) is 0 Å². The Labute approximate surface area is 125 Å². The van der Waals surface area contributed by atoms with Crippen LogP contribution in [0, 0.1) is 6.92 Å². The van der Waals surface area contributed by atoms with Crippen molar-refractivity contribution in [2.45, 2.75) is 25.8 Å². The number of amides is 2. The molecular weight excluding hydrogens is 270 g/mol. The zero-order valence-electron chi connectivity index (χ0n) is 12.7. The van der Waals surface area contributed by atoms with Crippen molar-refractivity contribution in [1.29, 1.82) is 0 Å². The molecule has 21 heavy (non-hydrogen) atoms. The first-order valence-corrected chi connectivity index (χ1v) is 6.87. The molecule has 0 aromatic heterocycles. The van der Waals surface area contributed by atoms with E-state index in [0.717, 1.165) is 12.0 Å². The van der Waals surface area contributed by atoms with E-state index in [1.165, 1.54) is 0 Å². The van der Waals surface area contributed by atoms with Crippen LogP contribution in [0.4, 0.5) is 5.69 Å². The second-order valence-corrected chi connectivity index (χ2v) is 4.84. The summed E-state index contributed by atoms with van der Waals surface area (Å²) in [5.41, 5.74) is 7.85. The maximum absolute atomic E-state index is 12.0. The molecule has 0 radical (unpaired) electrons. The van der Waals surface area contributed by atoms with Crippen LogP contribution in [0.2, 0.25) is 0 Å². The minimum Gasteiger partial charge on any atom is -0.385 e. The monoisotopic (exact) mass is 293 g/mol. The number of carbonyl (C=O) groups excluding carboxylic acids is 2. The van der Waals surface area contributed by atoms with Crippen molar-refractivity contribution < 1.29 is 14.3 Å². The molecule has 116 valence electrons. The van der Waals surface area contributed by atoms with Crippen LogP contribution in [0.15, 0.2) is 18.2 Å². The van der Waals surface area contributed by atoms with Gasteiger partial charge in [0.1, 0.15) is 0 Å². The minimum atomic E-state index is -0.571. The van der Waals surface area contributed by atoms with E-state index in [4.69, 9.17) is 10.5 Å². The van der Waals surface area contributed by atoms with Crippen molar-refractivity contribution in [3.8, 4) is 0 Å². The van der Waals surface area contributed by atoms with Crippen LogP contribution in [0.1, 0.15) is 28.8 Å². The highest BCUT2D eigenvalue weighted by Crippen LogP contribution is 2.17. The number of anilines is 1. The fourth-order valence-corrected chi connectivity index (χ4v) is 1.89. The normalized spacial score (nSPS) is 11.8. The third-order valence-electron chi connectivity index (χ3n) is 3.17. The van der Waals surface area contributed by atoms with Crippen LogP contribution >= 0.6 is 0 Å². The summed E-state index contributed by atoms with van der Waals surface area (Å²) in [5, 5.41) is 5.34. The van der Waals surface area contributed by atoms with Crippen LogP contribution in [-0.4, -0.2) is 38.6 Å². The molecule has 0 saturated heterocycles. The molecule has 1 aromatic rings. The van der Waals surface area contributed by atoms with Crippen molar-refractivity contribution in [1.82, 2.24) is 5.32 Å². The zero-order chi connectivity index (χ0) is 15.8. The van der Waals surface area contributed by atoms with Crippen LogP contribution < -0.4 is 16.4 Å². The summed E-state index contributed by atoms with van der Waals surface area (Å²) < 4.78 is 4.93. The highest BCUT2D eigenvalue weighted by atomic mass is 16.5. The number of hydrogen-bond donors (Lipinski definition) is 3. The number of ether oxygens (including phenoxy) is 1. The van der Waals surface area contributed by atoms with E-state index >= 15 is 0 Å². The summed E-state index contributed by atoms with van der Waals surface area (Å²) >= 11 is 0. The molecule has 0 aliphatic carbocycles. The Hall–Kier alpha value is -1.92. The van der Waals surface area contributed by atoms with E-state index in [2.05, 4.69) is 10.6 Å². The zero-order valence-corrected chi connectivity index (χ0v) is 12.7. The molecule has 2 amide bonds. The van der Waals surface area contributed by atoms with Gasteiger partial charge in [-0.25, -0.2) is 0 Å². The molecular formula is C15H23N3O3. The number of carbonyl (C=O) groups is 2. The molecule has 6 nitrogen and oxygen atoms in total. The van der Waals surface area contributed by atoms with Gasteiger partial charge in [0.2, 0.25) is 5.91 Å². The largest absolute Gasteiger partial charge is 0.385 e. The summed E-state index contributed by atoms with van der Waals surface area (Å²) in [6, 6.07) is 4.53. The average Bonchev–Trinajstić information content (AvgIpc) is 2.48. The fraction of sp³-hybridized carbons (Fsp3) is 0.467. The lowest BCUT2D eigenvalue weighted by atomic mass is 10.1. The lowest BCUT2D eigenvalue weighted by Gasteiger charge is -2.14. The van der Waals surface area contributed by atoms with Crippen LogP contribution in [0.5, 0.6) is 0 Å². The van der Waals surface area contributed by atoms with Crippen LogP contribution in [0.25, 0.3) is 0 Å². The predicted molar refractivity (Wildman–Crippen MR) is 82.3 cm³/mol. The van der Waals surface area contributed by atoms with Gasteiger partial charge in [0.05, 0.1) is 6.04 Å². The summed E-state index contributed by atoms with van der Waals surface area (Å²) in [7, 11) is 3.19. The van der Waals surface area contributed by atoms with Gasteiger partial charge in [0, 0.05) is 32.0 Å². The minimum absolute atomic E-state index is 0.160. The molecule has 1 aromatic carbocycles. The van der Waals surface area contributed by atoms with Crippen molar-refractivity contribution in [2.24, 2.45) is 5.73 Å². The van der Waals surface area contributed by atoms with Gasteiger partial charge in [-0.05, 0) is 43.5 Å². The number of methoxy groups -OCH3 is 1. The maximum atomic E-state index is 12.0. The number of benzene rings is 1. The number of nitrogens with one attached hydrogen (secondary N) is 2. The first kappa shape index (κ1) is 17.1. The van der Waals surface area contributed by atoms with Gasteiger partial charge < -0.3 is 21.1 Å². The number of rotatable bonds is 7. The molecule has 1 unspecified atom stereocenters. The van der Waals surface area contributed by atoms with Gasteiger partial charge in [-0.1, -0.05) is 0 Å². The van der Waals surface area contributed by atoms with E-state index in [1.54, 1.807) is 32.4 Å². The lowest BCUT2D eigenvalue weighted by Crippen LogP contribution is -2.36. The number of hydrogen-bond acceptors (Lipinski definition) is 4. The second-order valence-electron chi connectivity index (χ2n) is 4.84. The molecule has 0 aliphatic heterocycles. The van der Waals surface area contributed by atoms with E-state index < -0.39 is 6.04 Å². The van der Waals surface area contributed by atoms with E-state index in [-0.39, 0.29) is 11.8 Å². The first-order chi connectivity index (χ1) is 9.99. The molecule has 6 heteroatoms. The number of nitrogens with two attached hydrogens (primary N) is 1. The van der Waals surface area contributed by atoms with Gasteiger partial charge >= 0.3 is 0 Å². The smallest absolute Gasteiger partial charge is 0.251 e. The summed E-state index contributed by atoms with van der Waals surface area (Å²) in [5.74, 6) is -0.394. The van der Waals surface area contributed by atoms with Gasteiger partial charge in [-0.3, -0.25) is 9.59 Å². The molecule has 1 rings (SSSR count). The third kappa shape index (κ3) is 5.17. The highest BCUT2D eigenvalue weighted by molar-refractivity contribution is 5.97. The van der Waals surface area contributed by atoms with E-state index in [1.807, 2.05) is 6.92 Å². The van der Waals surface area contributed by atoms with Crippen molar-refractivity contribution in [2.75, 3.05) is 26.1 Å². The van der Waals surface area contributed by atoms with Crippen molar-refractivity contribution >= 4 is 17.5 Å². The molecule has 0 heterocycles. The Morgan fingerprint density at radius 2 is 2.10 bits per heavy atom. The maximum Gasteiger partial charge on any atom is 0.251 e. The Morgan fingerprint density at radius 1 is 1.38 bits per heavy atom. The Balaban J connectivity index is 2.66. The topological polar surface area (TPSA) is 93.5 Å². The molecule has 0 fully saturated rings. The average molecular weight is 293 g/mol. The molecule has 1 atom stereocenters. The Kier molecular flexibility index (Phi) is 6.84. The van der Waals surface area contributed by atoms with Crippen molar-refractivity contribution in [3.05, 3.63) is 29.3 Å². The summed E-state index contributed by atoms with van der Waals surface area (Å²) in [6.07, 6.45) is 1.30. The summed E-state index contributed by atoms with van der Waals surface area (Å²) in [4.78, 5) is 23.5. The summed E-state index contributed by atoms with van der Waals surface area (Å²) in [6.45, 7) is 2.42. The SMILES string of the molecule is CNC(=O)c1ccc(NC(=O)C(N)CCCOC)c(C)c1. The Morgan fingerprint density at radius 3 is 2.67 bits per heavy atom. The van der Waals surface area contributed by atoms with Crippen LogP contribution in [-0.2, 0) is 9.53 Å². The third-order valence-corrected chi connectivity index (χ3v) is 3.17. The highest BCUT2D eigenvalue weighted by Gasteiger charge is 2.14. The first-order valence-electron chi connectivity index (χ1n) is 6.87. The van der Waals surface area contributed by atoms with Crippen molar-refractivity contribution in [3.63, 3.8) is 0 Å². The second kappa shape index (κ2) is 8.39. The predicted octanol–water partition coefficient (Wildman–Crippen LogP) is 1.05. The van der Waals surface area contributed by atoms with E-state index in [9.17, 15) is 9.59 Å². The van der Waals surface area contributed by atoms with Gasteiger partial charge in [-0.15, -0.1) is 0 Å². The molecule has 0 saturated carbocycles. The van der Waals surface area contributed by atoms with Gasteiger partial charge in [0.15, 0.2) is 0 Å². The molecule has 0 aliphatic rings. The molecule has 4 N–H and O–H groups in total. The molecule has 0 spiro atoms. The van der Waals surface area contributed by atoms with E-state index in [0.29, 0.717) is 24.3 Å². The number of aryl methyl sites for hydroxylation is 1. The fourth-order valence-electron chi connectivity index (χ4n) is 1.89.